The monoisotopic (exact) mass is 353 g/mol. The fourth-order valence-corrected chi connectivity index (χ4v) is 2.80. The molecule has 0 saturated carbocycles. The maximum Gasteiger partial charge on any atom is 0.229 e. The summed E-state index contributed by atoms with van der Waals surface area (Å²) in [6, 6.07) is 10.8. The van der Waals surface area contributed by atoms with Crippen LogP contribution in [0.25, 0.3) is 11.0 Å². The second kappa shape index (κ2) is 6.75. The van der Waals surface area contributed by atoms with Crippen molar-refractivity contribution < 1.29 is 19.1 Å². The molecule has 0 aliphatic carbocycles. The largest absolute Gasteiger partial charge is 0.506 e. The van der Waals surface area contributed by atoms with Crippen LogP contribution in [0.4, 0.5) is 5.69 Å². The number of methoxy groups -OCH3 is 1. The van der Waals surface area contributed by atoms with Gasteiger partial charge in [-0.05, 0) is 35.2 Å². The van der Waals surface area contributed by atoms with Crippen LogP contribution in [0, 0.1) is 0 Å². The molecule has 2 N–H and O–H groups in total. The highest BCUT2D eigenvalue weighted by Crippen LogP contribution is 2.31. The minimum atomic E-state index is -0.218. The number of hydrogen-bond donors (Lipinski definition) is 2. The van der Waals surface area contributed by atoms with Crippen LogP contribution >= 0.6 is 0 Å². The molecule has 1 aromatic heterocycles. The first-order valence-corrected chi connectivity index (χ1v) is 8.45. The van der Waals surface area contributed by atoms with Crippen LogP contribution in [0.2, 0.25) is 0 Å². The Kier molecular flexibility index (Phi) is 4.64. The van der Waals surface area contributed by atoms with Crippen molar-refractivity contribution in [1.29, 1.82) is 0 Å². The van der Waals surface area contributed by atoms with E-state index >= 15 is 0 Å². The molecule has 136 valence electrons. The number of nitrogens with one attached hydrogen (secondary N) is 1. The number of amides is 1. The number of benzene rings is 2. The van der Waals surface area contributed by atoms with E-state index in [-0.39, 0.29) is 23.5 Å². The summed E-state index contributed by atoms with van der Waals surface area (Å²) >= 11 is 0. The van der Waals surface area contributed by atoms with Gasteiger partial charge in [-0.2, -0.15) is 0 Å². The highest BCUT2D eigenvalue weighted by molar-refractivity contribution is 5.96. The quantitative estimate of drug-likeness (QED) is 0.671. The van der Waals surface area contributed by atoms with E-state index in [0.717, 1.165) is 16.5 Å². The molecule has 0 bridgehead atoms. The number of phenolic OH excluding ortho intramolecular Hbond substituents is 1. The Morgan fingerprint density at radius 1 is 1.19 bits per heavy atom. The average Bonchev–Trinajstić information content (AvgIpc) is 2.97. The zero-order chi connectivity index (χ0) is 18.9. The average molecular weight is 353 g/mol. The molecule has 0 aliphatic rings. The Morgan fingerprint density at radius 2 is 1.96 bits per heavy atom. The zero-order valence-electron chi connectivity index (χ0n) is 15.4. The molecule has 26 heavy (non-hydrogen) atoms. The highest BCUT2D eigenvalue weighted by Gasteiger charge is 2.17. The van der Waals surface area contributed by atoms with Gasteiger partial charge < -0.3 is 19.6 Å². The molecular formula is C21H23NO4. The summed E-state index contributed by atoms with van der Waals surface area (Å²) in [5.74, 6) is 0.532. The van der Waals surface area contributed by atoms with Crippen molar-refractivity contribution in [1.82, 2.24) is 0 Å². The Balaban J connectivity index is 1.79. The first-order chi connectivity index (χ1) is 12.3. The minimum absolute atomic E-state index is 0.0492. The molecule has 5 nitrogen and oxygen atoms in total. The van der Waals surface area contributed by atoms with Crippen molar-refractivity contribution in [2.45, 2.75) is 32.6 Å². The third-order valence-electron chi connectivity index (χ3n) is 4.35. The van der Waals surface area contributed by atoms with E-state index < -0.39 is 0 Å². The summed E-state index contributed by atoms with van der Waals surface area (Å²) in [5, 5.41) is 13.7. The molecule has 1 amide bonds. The maximum atomic E-state index is 12.5. The summed E-state index contributed by atoms with van der Waals surface area (Å²) in [6.45, 7) is 6.24. The van der Waals surface area contributed by atoms with Crippen LogP contribution in [0.5, 0.6) is 11.5 Å². The van der Waals surface area contributed by atoms with Crippen LogP contribution in [0.3, 0.4) is 0 Å². The van der Waals surface area contributed by atoms with E-state index in [1.54, 1.807) is 25.5 Å². The van der Waals surface area contributed by atoms with E-state index in [1.165, 1.54) is 0 Å². The van der Waals surface area contributed by atoms with Crippen molar-refractivity contribution in [3.05, 3.63) is 53.8 Å². The van der Waals surface area contributed by atoms with E-state index in [4.69, 9.17) is 9.15 Å². The number of ether oxygens (including phenoxy) is 1. The second-order valence-corrected chi connectivity index (χ2v) is 7.33. The molecule has 0 saturated heterocycles. The van der Waals surface area contributed by atoms with Gasteiger partial charge in [0, 0.05) is 17.0 Å². The van der Waals surface area contributed by atoms with Crippen molar-refractivity contribution in [3.8, 4) is 11.5 Å². The fraction of sp³-hybridized carbons (Fsp3) is 0.286. The van der Waals surface area contributed by atoms with Gasteiger partial charge in [-0.25, -0.2) is 0 Å². The van der Waals surface area contributed by atoms with Gasteiger partial charge in [0.1, 0.15) is 17.1 Å². The first-order valence-electron chi connectivity index (χ1n) is 8.45. The molecule has 0 fully saturated rings. The lowest BCUT2D eigenvalue weighted by Crippen LogP contribution is -2.16. The topological polar surface area (TPSA) is 71.7 Å². The zero-order valence-corrected chi connectivity index (χ0v) is 15.4. The van der Waals surface area contributed by atoms with Gasteiger partial charge >= 0.3 is 0 Å². The number of fused-ring (bicyclic) bond motifs is 1. The molecule has 3 aromatic rings. The predicted molar refractivity (Wildman–Crippen MR) is 102 cm³/mol. The third-order valence-corrected chi connectivity index (χ3v) is 4.35. The molecule has 5 heteroatoms. The molecule has 3 rings (SSSR count). The molecule has 0 radical (unpaired) electrons. The Bertz CT molecular complexity index is 950. The lowest BCUT2D eigenvalue weighted by Gasteiger charge is -2.20. The SMILES string of the molecule is COc1ccc2c(CC(=O)Nc3cc(C(C)(C)C)ccc3O)coc2c1. The number of furan rings is 1. The van der Waals surface area contributed by atoms with Gasteiger partial charge in [0.2, 0.25) is 5.91 Å². The standard InChI is InChI=1S/C21H23NO4/c1-21(2,3)14-5-8-18(23)17(10-14)22-20(24)9-13-12-26-19-11-15(25-4)6-7-16(13)19/h5-8,10-12,23H,9H2,1-4H3,(H,22,24). The normalized spacial score (nSPS) is 11.5. The van der Waals surface area contributed by atoms with Crippen LogP contribution in [-0.4, -0.2) is 18.1 Å². The van der Waals surface area contributed by atoms with Crippen LogP contribution in [0.15, 0.2) is 47.1 Å². The maximum absolute atomic E-state index is 12.5. The van der Waals surface area contributed by atoms with Crippen molar-refractivity contribution >= 4 is 22.6 Å². The lowest BCUT2D eigenvalue weighted by molar-refractivity contribution is -0.115. The van der Waals surface area contributed by atoms with Gasteiger partial charge in [-0.3, -0.25) is 4.79 Å². The van der Waals surface area contributed by atoms with Crippen molar-refractivity contribution in [2.75, 3.05) is 12.4 Å². The van der Waals surface area contributed by atoms with E-state index in [0.29, 0.717) is 17.0 Å². The Labute approximate surface area is 152 Å². The summed E-state index contributed by atoms with van der Waals surface area (Å²) in [4.78, 5) is 12.5. The van der Waals surface area contributed by atoms with Crippen molar-refractivity contribution in [2.24, 2.45) is 0 Å². The van der Waals surface area contributed by atoms with Gasteiger partial charge in [-0.15, -0.1) is 0 Å². The summed E-state index contributed by atoms with van der Waals surface area (Å²) < 4.78 is 10.7. The first kappa shape index (κ1) is 17.9. The number of rotatable bonds is 4. The fourth-order valence-electron chi connectivity index (χ4n) is 2.80. The summed E-state index contributed by atoms with van der Waals surface area (Å²) in [5.41, 5.74) is 2.83. The Morgan fingerprint density at radius 3 is 2.65 bits per heavy atom. The predicted octanol–water partition coefficient (Wildman–Crippen LogP) is 4.63. The Hall–Kier alpha value is -2.95. The number of carbonyl (C=O) groups excluding carboxylic acids is 1. The van der Waals surface area contributed by atoms with E-state index in [9.17, 15) is 9.90 Å². The molecule has 1 heterocycles. The smallest absolute Gasteiger partial charge is 0.229 e. The van der Waals surface area contributed by atoms with E-state index in [1.807, 2.05) is 24.3 Å². The van der Waals surface area contributed by atoms with Crippen LogP contribution < -0.4 is 10.1 Å². The van der Waals surface area contributed by atoms with E-state index in [2.05, 4.69) is 26.1 Å². The van der Waals surface area contributed by atoms with Gasteiger partial charge in [0.25, 0.3) is 0 Å². The number of aromatic hydroxyl groups is 1. The minimum Gasteiger partial charge on any atom is -0.506 e. The van der Waals surface area contributed by atoms with Crippen molar-refractivity contribution in [3.63, 3.8) is 0 Å². The molecular weight excluding hydrogens is 330 g/mol. The molecule has 2 aromatic carbocycles. The van der Waals surface area contributed by atoms with Gasteiger partial charge in [0.05, 0.1) is 25.5 Å². The van der Waals surface area contributed by atoms with Gasteiger partial charge in [0.15, 0.2) is 0 Å². The number of phenols is 1. The second-order valence-electron chi connectivity index (χ2n) is 7.33. The number of anilines is 1. The van der Waals surface area contributed by atoms with Crippen LogP contribution in [0.1, 0.15) is 31.9 Å². The lowest BCUT2D eigenvalue weighted by atomic mass is 9.87. The summed E-state index contributed by atoms with van der Waals surface area (Å²) in [7, 11) is 1.59. The number of hydrogen-bond acceptors (Lipinski definition) is 4. The highest BCUT2D eigenvalue weighted by atomic mass is 16.5. The molecule has 0 spiro atoms. The van der Waals surface area contributed by atoms with Gasteiger partial charge in [-0.1, -0.05) is 26.8 Å². The molecule has 0 unspecified atom stereocenters. The third kappa shape index (κ3) is 3.67. The van der Waals surface area contributed by atoms with Crippen LogP contribution in [-0.2, 0) is 16.6 Å². The molecule has 0 aliphatic heterocycles. The summed E-state index contributed by atoms with van der Waals surface area (Å²) in [6.07, 6.45) is 1.73. The number of carbonyl (C=O) groups is 1. The molecule has 0 atom stereocenters.